The second kappa shape index (κ2) is 8.17. The fourth-order valence-corrected chi connectivity index (χ4v) is 2.47. The van der Waals surface area contributed by atoms with Gasteiger partial charge in [-0.3, -0.25) is 0 Å². The number of aromatic nitrogens is 2. The summed E-state index contributed by atoms with van der Waals surface area (Å²) in [5, 5.41) is 15.6. The molecule has 0 spiro atoms. The summed E-state index contributed by atoms with van der Waals surface area (Å²) in [6.45, 7) is 0. The van der Waals surface area contributed by atoms with E-state index in [1.807, 2.05) is 6.07 Å². The van der Waals surface area contributed by atoms with E-state index in [-0.39, 0.29) is 5.95 Å². The molecule has 0 aliphatic heterocycles. The smallest absolute Gasteiger partial charge is 0.337 e. The van der Waals surface area contributed by atoms with Crippen molar-refractivity contribution in [2.45, 2.75) is 0 Å². The van der Waals surface area contributed by atoms with E-state index < -0.39 is 5.97 Å². The normalized spacial score (nSPS) is 9.96. The van der Waals surface area contributed by atoms with Gasteiger partial charge in [0.1, 0.15) is 11.9 Å². The third kappa shape index (κ3) is 4.32. The zero-order chi connectivity index (χ0) is 19.2. The fraction of sp³-hybridized carbons (Fsp3) is 0.0526. The number of carbonyl (C=O) groups excluding carboxylic acids is 1. The Labute approximate surface area is 160 Å². The van der Waals surface area contributed by atoms with Crippen molar-refractivity contribution in [2.75, 3.05) is 17.7 Å². The lowest BCUT2D eigenvalue weighted by molar-refractivity contribution is 0.0601. The maximum absolute atomic E-state index is 11.7. The quantitative estimate of drug-likeness (QED) is 0.638. The van der Waals surface area contributed by atoms with E-state index in [2.05, 4.69) is 26.7 Å². The number of nitrogens with zero attached hydrogens (tertiary/aromatic N) is 3. The van der Waals surface area contributed by atoms with Crippen LogP contribution in [0, 0.1) is 11.3 Å². The van der Waals surface area contributed by atoms with E-state index in [1.165, 1.54) is 7.11 Å². The highest BCUT2D eigenvalue weighted by Gasteiger charge is 2.10. The minimum atomic E-state index is -0.473. The Morgan fingerprint density at radius 3 is 2.74 bits per heavy atom. The molecule has 0 unspecified atom stereocenters. The Bertz CT molecular complexity index is 1030. The molecule has 0 fully saturated rings. The average Bonchev–Trinajstić information content (AvgIpc) is 2.70. The van der Waals surface area contributed by atoms with E-state index >= 15 is 0 Å². The van der Waals surface area contributed by atoms with Crippen molar-refractivity contribution in [1.82, 2.24) is 9.97 Å². The van der Waals surface area contributed by atoms with Gasteiger partial charge in [-0.1, -0.05) is 23.7 Å². The highest BCUT2D eigenvalue weighted by atomic mass is 35.5. The molecule has 7 nitrogen and oxygen atoms in total. The predicted molar refractivity (Wildman–Crippen MR) is 103 cm³/mol. The number of esters is 1. The van der Waals surface area contributed by atoms with Gasteiger partial charge in [0.25, 0.3) is 0 Å². The highest BCUT2D eigenvalue weighted by molar-refractivity contribution is 6.33. The van der Waals surface area contributed by atoms with Crippen LogP contribution in [-0.2, 0) is 4.74 Å². The summed E-state index contributed by atoms with van der Waals surface area (Å²) < 4.78 is 4.71. The molecule has 0 saturated carbocycles. The lowest BCUT2D eigenvalue weighted by atomic mass is 10.2. The lowest BCUT2D eigenvalue weighted by Crippen LogP contribution is -2.04. The SMILES string of the molecule is COC(=O)c1ccc(Cl)c(Nc2nccc(Nc3ccccc3C#N)n2)c1. The van der Waals surface area contributed by atoms with Crippen LogP contribution in [0.25, 0.3) is 0 Å². The van der Waals surface area contributed by atoms with Crippen LogP contribution in [0.1, 0.15) is 15.9 Å². The van der Waals surface area contributed by atoms with Crippen LogP contribution >= 0.6 is 11.6 Å². The summed E-state index contributed by atoms with van der Waals surface area (Å²) in [7, 11) is 1.31. The maximum Gasteiger partial charge on any atom is 0.337 e. The predicted octanol–water partition coefficient (Wildman–Crippen LogP) is 4.28. The number of benzene rings is 2. The van der Waals surface area contributed by atoms with Crippen molar-refractivity contribution in [2.24, 2.45) is 0 Å². The molecule has 8 heteroatoms. The zero-order valence-corrected chi connectivity index (χ0v) is 15.0. The van der Waals surface area contributed by atoms with Crippen molar-refractivity contribution in [1.29, 1.82) is 5.26 Å². The topological polar surface area (TPSA) is 99.9 Å². The molecule has 134 valence electrons. The first kappa shape index (κ1) is 18.2. The number of hydrogen-bond donors (Lipinski definition) is 2. The molecule has 3 rings (SSSR count). The van der Waals surface area contributed by atoms with Crippen molar-refractivity contribution in [3.05, 3.63) is 70.9 Å². The molecule has 0 saturated heterocycles. The van der Waals surface area contributed by atoms with E-state index in [9.17, 15) is 10.1 Å². The summed E-state index contributed by atoms with van der Waals surface area (Å²) in [5.41, 5.74) is 1.95. The molecule has 1 aromatic heterocycles. The van der Waals surface area contributed by atoms with Gasteiger partial charge in [0.05, 0.1) is 34.6 Å². The van der Waals surface area contributed by atoms with Gasteiger partial charge in [-0.15, -0.1) is 0 Å². The number of para-hydroxylation sites is 1. The Hall–Kier alpha value is -3.63. The minimum Gasteiger partial charge on any atom is -0.465 e. The number of halogens is 1. The largest absolute Gasteiger partial charge is 0.465 e. The van der Waals surface area contributed by atoms with Gasteiger partial charge in [-0.2, -0.15) is 10.2 Å². The summed E-state index contributed by atoms with van der Waals surface area (Å²) in [6, 6.07) is 15.6. The van der Waals surface area contributed by atoms with Crippen LogP contribution in [-0.4, -0.2) is 23.0 Å². The van der Waals surface area contributed by atoms with Crippen LogP contribution in [0.15, 0.2) is 54.7 Å². The maximum atomic E-state index is 11.7. The van der Waals surface area contributed by atoms with E-state index in [1.54, 1.807) is 48.7 Å². The first-order valence-corrected chi connectivity index (χ1v) is 8.22. The number of nitriles is 1. The van der Waals surface area contributed by atoms with E-state index in [0.29, 0.717) is 33.3 Å². The molecule has 3 aromatic rings. The molecule has 1 heterocycles. The van der Waals surface area contributed by atoms with Gasteiger partial charge >= 0.3 is 5.97 Å². The molecule has 0 atom stereocenters. The molecular weight excluding hydrogens is 366 g/mol. The van der Waals surface area contributed by atoms with E-state index in [4.69, 9.17) is 16.3 Å². The third-order valence-corrected chi connectivity index (χ3v) is 3.93. The Balaban J connectivity index is 1.84. The molecule has 0 bridgehead atoms. The highest BCUT2D eigenvalue weighted by Crippen LogP contribution is 2.26. The molecule has 2 N–H and O–H groups in total. The Morgan fingerprint density at radius 2 is 1.96 bits per heavy atom. The molecule has 0 radical (unpaired) electrons. The summed E-state index contributed by atoms with van der Waals surface area (Å²) in [4.78, 5) is 20.2. The van der Waals surface area contributed by atoms with Crippen LogP contribution < -0.4 is 10.6 Å². The molecule has 0 amide bonds. The number of ether oxygens (including phenoxy) is 1. The Morgan fingerprint density at radius 1 is 1.15 bits per heavy atom. The number of carbonyl (C=O) groups is 1. The number of rotatable bonds is 5. The number of anilines is 4. The summed E-state index contributed by atoms with van der Waals surface area (Å²) >= 11 is 6.18. The lowest BCUT2D eigenvalue weighted by Gasteiger charge is -2.11. The molecule has 0 aliphatic rings. The van der Waals surface area contributed by atoms with Crippen molar-refractivity contribution in [3.8, 4) is 6.07 Å². The first-order chi connectivity index (χ1) is 13.1. The molecule has 0 aliphatic carbocycles. The Kier molecular flexibility index (Phi) is 5.50. The fourth-order valence-electron chi connectivity index (χ4n) is 2.30. The standard InChI is InChI=1S/C19H14ClN5O2/c1-27-18(26)12-6-7-14(20)16(10-12)24-19-22-9-8-17(25-19)23-15-5-3-2-4-13(15)11-21/h2-10H,1H3,(H2,22,23,24,25). The van der Waals surface area contributed by atoms with Gasteiger partial charge in [0, 0.05) is 6.20 Å². The second-order valence-electron chi connectivity index (χ2n) is 5.36. The summed E-state index contributed by atoms with van der Waals surface area (Å²) in [5.74, 6) is 0.299. The monoisotopic (exact) mass is 379 g/mol. The van der Waals surface area contributed by atoms with Crippen LogP contribution in [0.4, 0.5) is 23.1 Å². The molecular formula is C19H14ClN5O2. The number of nitrogens with one attached hydrogen (secondary N) is 2. The van der Waals surface area contributed by atoms with Crippen molar-refractivity contribution in [3.63, 3.8) is 0 Å². The van der Waals surface area contributed by atoms with Crippen LogP contribution in [0.5, 0.6) is 0 Å². The summed E-state index contributed by atoms with van der Waals surface area (Å²) in [6.07, 6.45) is 1.56. The minimum absolute atomic E-state index is 0.276. The molecule has 27 heavy (non-hydrogen) atoms. The van der Waals surface area contributed by atoms with Gasteiger partial charge in [0.2, 0.25) is 5.95 Å². The first-order valence-electron chi connectivity index (χ1n) is 7.85. The third-order valence-electron chi connectivity index (χ3n) is 3.60. The van der Waals surface area contributed by atoms with Gasteiger partial charge in [-0.25, -0.2) is 9.78 Å². The van der Waals surface area contributed by atoms with Crippen LogP contribution in [0.2, 0.25) is 5.02 Å². The number of methoxy groups -OCH3 is 1. The number of hydrogen-bond acceptors (Lipinski definition) is 7. The van der Waals surface area contributed by atoms with Gasteiger partial charge in [-0.05, 0) is 36.4 Å². The van der Waals surface area contributed by atoms with Crippen molar-refractivity contribution >= 4 is 40.7 Å². The molecule has 2 aromatic carbocycles. The van der Waals surface area contributed by atoms with Crippen molar-refractivity contribution < 1.29 is 9.53 Å². The van der Waals surface area contributed by atoms with Gasteiger partial charge < -0.3 is 15.4 Å². The van der Waals surface area contributed by atoms with E-state index in [0.717, 1.165) is 0 Å². The zero-order valence-electron chi connectivity index (χ0n) is 14.2. The average molecular weight is 380 g/mol. The second-order valence-corrected chi connectivity index (χ2v) is 5.77. The van der Waals surface area contributed by atoms with Gasteiger partial charge in [0.15, 0.2) is 0 Å². The van der Waals surface area contributed by atoms with Crippen LogP contribution in [0.3, 0.4) is 0 Å².